The lowest BCUT2D eigenvalue weighted by atomic mass is 10.2. The lowest BCUT2D eigenvalue weighted by Crippen LogP contribution is -2.31. The van der Waals surface area contributed by atoms with E-state index in [0.717, 1.165) is 11.6 Å². The lowest BCUT2D eigenvalue weighted by molar-refractivity contribution is -0.133. The van der Waals surface area contributed by atoms with Crippen LogP contribution in [0.4, 0.5) is 8.78 Å². The Kier molecular flexibility index (Phi) is 5.87. The number of carbonyl (C=O) groups excluding carboxylic acids is 2. The normalized spacial score (nSPS) is 10.3. The molecule has 0 aromatic heterocycles. The molecule has 0 saturated heterocycles. The second kappa shape index (κ2) is 7.88. The molecular weight excluding hydrogens is 340 g/mol. The van der Waals surface area contributed by atoms with Crippen molar-refractivity contribution in [3.8, 4) is 0 Å². The van der Waals surface area contributed by atoms with Gasteiger partial charge < -0.3 is 9.64 Å². The Labute approximate surface area is 142 Å². The molecule has 0 spiro atoms. The zero-order valence-electron chi connectivity index (χ0n) is 12.8. The van der Waals surface area contributed by atoms with Crippen LogP contribution < -0.4 is 0 Å². The summed E-state index contributed by atoms with van der Waals surface area (Å²) in [6.07, 6.45) is 0. The summed E-state index contributed by atoms with van der Waals surface area (Å²) < 4.78 is 31.2. The summed E-state index contributed by atoms with van der Waals surface area (Å²) >= 11 is 5.76. The lowest BCUT2D eigenvalue weighted by Gasteiger charge is -2.17. The summed E-state index contributed by atoms with van der Waals surface area (Å²) in [7, 11) is 1.51. The van der Waals surface area contributed by atoms with E-state index in [-0.39, 0.29) is 17.4 Å². The molecule has 2 rings (SSSR count). The van der Waals surface area contributed by atoms with Gasteiger partial charge in [0.25, 0.3) is 5.91 Å². The van der Waals surface area contributed by atoms with Gasteiger partial charge in [0.2, 0.25) is 0 Å². The predicted octanol–water partition coefficient (Wildman–Crippen LogP) is 3.43. The van der Waals surface area contributed by atoms with Gasteiger partial charge in [-0.15, -0.1) is 0 Å². The molecule has 4 nitrogen and oxygen atoms in total. The number of benzene rings is 2. The molecule has 7 heteroatoms. The molecule has 0 aliphatic heterocycles. The van der Waals surface area contributed by atoms with Crippen LogP contribution in [0.15, 0.2) is 42.5 Å². The van der Waals surface area contributed by atoms with E-state index in [2.05, 4.69) is 0 Å². The monoisotopic (exact) mass is 353 g/mol. The van der Waals surface area contributed by atoms with Gasteiger partial charge in [0.1, 0.15) is 17.2 Å². The molecule has 0 radical (unpaired) electrons. The molecule has 0 atom stereocenters. The van der Waals surface area contributed by atoms with Gasteiger partial charge >= 0.3 is 5.97 Å². The van der Waals surface area contributed by atoms with Gasteiger partial charge in [0.15, 0.2) is 6.61 Å². The third kappa shape index (κ3) is 4.52. The number of hydrogen-bond donors (Lipinski definition) is 0. The molecule has 24 heavy (non-hydrogen) atoms. The fourth-order valence-corrected chi connectivity index (χ4v) is 2.19. The Morgan fingerprint density at radius 2 is 1.79 bits per heavy atom. The zero-order chi connectivity index (χ0) is 17.7. The number of ether oxygens (including phenoxy) is 1. The van der Waals surface area contributed by atoms with Crippen molar-refractivity contribution in [1.82, 2.24) is 4.90 Å². The molecule has 0 aliphatic rings. The minimum atomic E-state index is -1.01. The molecule has 126 valence electrons. The number of rotatable bonds is 5. The first-order valence-corrected chi connectivity index (χ1v) is 7.36. The zero-order valence-corrected chi connectivity index (χ0v) is 13.5. The molecule has 0 aliphatic carbocycles. The maximum absolute atomic E-state index is 13.6. The van der Waals surface area contributed by atoms with Crippen molar-refractivity contribution in [2.24, 2.45) is 0 Å². The Bertz CT molecular complexity index is 730. The topological polar surface area (TPSA) is 46.6 Å². The molecule has 1 amide bonds. The number of amides is 1. The maximum Gasteiger partial charge on any atom is 0.343 e. The highest BCUT2D eigenvalue weighted by Crippen LogP contribution is 2.19. The average Bonchev–Trinajstić information content (AvgIpc) is 2.54. The fourth-order valence-electron chi connectivity index (χ4n) is 1.95. The van der Waals surface area contributed by atoms with Crippen LogP contribution in [-0.2, 0) is 16.1 Å². The summed E-state index contributed by atoms with van der Waals surface area (Å²) in [6, 6.07) is 9.45. The van der Waals surface area contributed by atoms with E-state index in [1.165, 1.54) is 36.2 Å². The first kappa shape index (κ1) is 17.9. The van der Waals surface area contributed by atoms with Crippen molar-refractivity contribution >= 4 is 23.5 Å². The van der Waals surface area contributed by atoms with E-state index in [1.54, 1.807) is 12.1 Å². The van der Waals surface area contributed by atoms with Crippen molar-refractivity contribution < 1.29 is 23.1 Å². The second-order valence-electron chi connectivity index (χ2n) is 5.05. The van der Waals surface area contributed by atoms with Gasteiger partial charge in [-0.2, -0.15) is 0 Å². The van der Waals surface area contributed by atoms with Crippen molar-refractivity contribution in [3.63, 3.8) is 0 Å². The van der Waals surface area contributed by atoms with E-state index < -0.39 is 29.9 Å². The number of esters is 1. The van der Waals surface area contributed by atoms with Crippen molar-refractivity contribution in [2.75, 3.05) is 13.7 Å². The van der Waals surface area contributed by atoms with Crippen LogP contribution in [0.1, 0.15) is 15.9 Å². The van der Waals surface area contributed by atoms with Crippen LogP contribution in [0.2, 0.25) is 5.02 Å². The number of hydrogen-bond acceptors (Lipinski definition) is 3. The first-order chi connectivity index (χ1) is 11.4. The maximum atomic E-state index is 13.6. The number of likely N-dealkylation sites (N-methyl/N-ethyl adjacent to an activating group) is 1. The second-order valence-corrected chi connectivity index (χ2v) is 5.46. The highest BCUT2D eigenvalue weighted by atomic mass is 35.5. The van der Waals surface area contributed by atoms with E-state index in [9.17, 15) is 18.4 Å². The van der Waals surface area contributed by atoms with Crippen LogP contribution in [0, 0.1) is 11.6 Å². The SMILES string of the molecule is CN(Cc1ccc(F)cc1)C(=O)COC(=O)c1c(F)cccc1Cl. The van der Waals surface area contributed by atoms with Gasteiger partial charge in [-0.25, -0.2) is 13.6 Å². The smallest absolute Gasteiger partial charge is 0.343 e. The highest BCUT2D eigenvalue weighted by Gasteiger charge is 2.19. The number of carbonyl (C=O) groups is 2. The summed E-state index contributed by atoms with van der Waals surface area (Å²) in [5.41, 5.74) is 0.309. The standard InChI is InChI=1S/C17H14ClF2NO3/c1-21(9-11-5-7-12(19)8-6-11)15(22)10-24-17(23)16-13(18)3-2-4-14(16)20/h2-8H,9-10H2,1H3. The van der Waals surface area contributed by atoms with Gasteiger partial charge in [0, 0.05) is 13.6 Å². The third-order valence-corrected chi connectivity index (χ3v) is 3.57. The largest absolute Gasteiger partial charge is 0.452 e. The van der Waals surface area contributed by atoms with Gasteiger partial charge in [-0.3, -0.25) is 4.79 Å². The third-order valence-electron chi connectivity index (χ3n) is 3.25. The molecule has 2 aromatic carbocycles. The van der Waals surface area contributed by atoms with Crippen LogP contribution in [0.3, 0.4) is 0 Å². The molecule has 0 fully saturated rings. The first-order valence-electron chi connectivity index (χ1n) is 6.98. The van der Waals surface area contributed by atoms with Crippen molar-refractivity contribution in [1.29, 1.82) is 0 Å². The van der Waals surface area contributed by atoms with Gasteiger partial charge in [0.05, 0.1) is 5.02 Å². The fraction of sp³-hybridized carbons (Fsp3) is 0.176. The quantitative estimate of drug-likeness (QED) is 0.774. The Balaban J connectivity index is 1.92. The molecule has 0 saturated carbocycles. The molecule has 0 unspecified atom stereocenters. The molecule has 0 heterocycles. The van der Waals surface area contributed by atoms with E-state index >= 15 is 0 Å². The molecule has 2 aromatic rings. The number of halogens is 3. The van der Waals surface area contributed by atoms with Crippen LogP contribution in [-0.4, -0.2) is 30.4 Å². The van der Waals surface area contributed by atoms with Crippen LogP contribution >= 0.6 is 11.6 Å². The Morgan fingerprint density at radius 3 is 2.42 bits per heavy atom. The minimum absolute atomic E-state index is 0.0906. The van der Waals surface area contributed by atoms with E-state index in [4.69, 9.17) is 16.3 Å². The van der Waals surface area contributed by atoms with Gasteiger partial charge in [-0.1, -0.05) is 29.8 Å². The molecular formula is C17H14ClF2NO3. The summed E-state index contributed by atoms with van der Waals surface area (Å²) in [5, 5.41) is -0.0906. The Hall–Kier alpha value is -2.47. The molecule has 0 bridgehead atoms. The number of nitrogens with zero attached hydrogens (tertiary/aromatic N) is 1. The highest BCUT2D eigenvalue weighted by molar-refractivity contribution is 6.33. The molecule has 0 N–H and O–H groups in total. The Morgan fingerprint density at radius 1 is 1.12 bits per heavy atom. The predicted molar refractivity (Wildman–Crippen MR) is 84.6 cm³/mol. The van der Waals surface area contributed by atoms with Crippen molar-refractivity contribution in [3.05, 3.63) is 70.2 Å². The minimum Gasteiger partial charge on any atom is -0.452 e. The summed E-state index contributed by atoms with van der Waals surface area (Å²) in [4.78, 5) is 25.1. The van der Waals surface area contributed by atoms with Crippen LogP contribution in [0.5, 0.6) is 0 Å². The average molecular weight is 354 g/mol. The van der Waals surface area contributed by atoms with Gasteiger partial charge in [-0.05, 0) is 29.8 Å². The summed E-state index contributed by atoms with van der Waals surface area (Å²) in [6.45, 7) is -0.335. The van der Waals surface area contributed by atoms with E-state index in [0.29, 0.717) is 0 Å². The van der Waals surface area contributed by atoms with Crippen LogP contribution in [0.25, 0.3) is 0 Å². The summed E-state index contributed by atoms with van der Waals surface area (Å²) in [5.74, 6) is -2.69. The van der Waals surface area contributed by atoms with E-state index in [1.807, 2.05) is 0 Å². The van der Waals surface area contributed by atoms with Crippen molar-refractivity contribution in [2.45, 2.75) is 6.54 Å².